The molecule has 318 valence electrons. The quantitative estimate of drug-likeness (QED) is 0.146. The molecular formula is C43H68ClNO11. The third-order valence-electron chi connectivity index (χ3n) is 12.8. The van der Waals surface area contributed by atoms with Crippen LogP contribution in [0.4, 0.5) is 0 Å². The minimum atomic E-state index is -2.49. The molecule has 14 atom stereocenters. The lowest BCUT2D eigenvalue weighted by Crippen LogP contribution is -2.64. The molecule has 1 amide bonds. The summed E-state index contributed by atoms with van der Waals surface area (Å²) in [7, 11) is 4.71. The number of ether oxygens (including phenoxy) is 5. The first kappa shape index (κ1) is 46.5. The molecule has 1 aliphatic carbocycles. The number of nitrogens with zero attached hydrogens (tertiary/aromatic N) is 1. The number of piperidine rings is 1. The smallest absolute Gasteiger partial charge is 0.329 e. The Morgan fingerprint density at radius 1 is 0.964 bits per heavy atom. The number of hydrogen-bond acceptors (Lipinski definition) is 11. The number of Topliss-reactive ketones (excluding diaryl/α,β-unsaturated/α-hetero) is 2. The first-order chi connectivity index (χ1) is 26.5. The number of hydrogen-bond donors (Lipinski definition) is 2. The van der Waals surface area contributed by atoms with Crippen LogP contribution in [0.15, 0.2) is 23.3 Å². The van der Waals surface area contributed by atoms with Crippen molar-refractivity contribution in [1.82, 2.24) is 4.90 Å². The Morgan fingerprint density at radius 2 is 1.62 bits per heavy atom. The SMILES string of the molecule is CC[C@@H]1/C=C(\C)C[C@H](C)C[C@H](OC)[C@H]2O[C@@](O)(C(=O)C(=O)N3CCCC[C@@H]3C(=O)O[C@H](/C(C)=C/[C@@H]3CC[C@H](Cl)[C@H](OC)C3)[C@H](C)[C@H](O)CC1=O)[C@@H](C)C[C@H]2OC. The molecule has 4 aliphatic rings. The summed E-state index contributed by atoms with van der Waals surface area (Å²) in [5, 5.41) is 23.6. The minimum absolute atomic E-state index is 0.0425. The van der Waals surface area contributed by atoms with Crippen molar-refractivity contribution in [3.8, 4) is 0 Å². The van der Waals surface area contributed by atoms with Gasteiger partial charge < -0.3 is 38.8 Å². The third kappa shape index (κ3) is 10.9. The van der Waals surface area contributed by atoms with Gasteiger partial charge in [-0.15, -0.1) is 11.6 Å². The second kappa shape index (κ2) is 20.7. The van der Waals surface area contributed by atoms with Crippen molar-refractivity contribution in [3.63, 3.8) is 0 Å². The van der Waals surface area contributed by atoms with E-state index in [1.165, 1.54) is 19.1 Å². The van der Waals surface area contributed by atoms with E-state index in [1.54, 1.807) is 21.0 Å². The number of esters is 1. The molecule has 0 unspecified atom stereocenters. The first-order valence-corrected chi connectivity index (χ1v) is 21.2. The van der Waals surface area contributed by atoms with Crippen molar-refractivity contribution in [3.05, 3.63) is 23.3 Å². The van der Waals surface area contributed by atoms with Crippen LogP contribution in [-0.4, -0.2) is 120 Å². The van der Waals surface area contributed by atoms with Gasteiger partial charge in [-0.3, -0.25) is 14.4 Å². The number of carbonyl (C=O) groups is 4. The van der Waals surface area contributed by atoms with Crippen LogP contribution in [0.5, 0.6) is 0 Å². The van der Waals surface area contributed by atoms with E-state index in [9.17, 15) is 29.4 Å². The van der Waals surface area contributed by atoms with Crippen molar-refractivity contribution in [1.29, 1.82) is 0 Å². The van der Waals surface area contributed by atoms with E-state index >= 15 is 0 Å². The summed E-state index contributed by atoms with van der Waals surface area (Å²) in [6.45, 7) is 11.3. The highest BCUT2D eigenvalue weighted by Crippen LogP contribution is 2.39. The molecule has 2 bridgehead atoms. The lowest BCUT2D eigenvalue weighted by molar-refractivity contribution is -0.302. The van der Waals surface area contributed by atoms with Crippen LogP contribution >= 0.6 is 11.6 Å². The fourth-order valence-corrected chi connectivity index (χ4v) is 9.69. The molecule has 0 aromatic carbocycles. The Kier molecular flexibility index (Phi) is 17.2. The van der Waals surface area contributed by atoms with Crippen molar-refractivity contribution >= 4 is 35.0 Å². The minimum Gasteiger partial charge on any atom is -0.456 e. The van der Waals surface area contributed by atoms with Gasteiger partial charge in [0.05, 0.1) is 29.8 Å². The molecule has 0 radical (unpaired) electrons. The standard InChI is InChI=1S/C43H68ClNO11/c1-10-30-18-24(2)17-25(3)19-36(53-8)39-37(54-9)21-27(5)43(51,56-39)40(48)41(49)45-16-12-11-13-32(45)42(50)55-38(28(6)33(46)23-34(30)47)26(4)20-29-14-15-31(44)35(22-29)52-7/h18,20,25,27-33,35-39,46,51H,10-17,19,21-23H2,1-9H3/b24-18+,26-20+/t25-,27-,28+,29-,30+,31-,32+,33+,35+,36-,37+,38+,39+,43+/m0/s1. The summed E-state index contributed by atoms with van der Waals surface area (Å²) in [5.41, 5.74) is 1.71. The Balaban J connectivity index is 1.76. The summed E-state index contributed by atoms with van der Waals surface area (Å²) in [4.78, 5) is 57.7. The van der Waals surface area contributed by atoms with E-state index in [-0.39, 0.29) is 54.9 Å². The van der Waals surface area contributed by atoms with Gasteiger partial charge in [0.15, 0.2) is 0 Å². The maximum absolute atomic E-state index is 14.3. The highest BCUT2D eigenvalue weighted by Gasteiger charge is 2.56. The molecule has 2 N–H and O–H groups in total. The number of alkyl halides is 1. The van der Waals surface area contributed by atoms with Gasteiger partial charge in [0.1, 0.15) is 24.0 Å². The monoisotopic (exact) mass is 809 g/mol. The predicted molar refractivity (Wildman–Crippen MR) is 212 cm³/mol. The average molecular weight is 810 g/mol. The van der Waals surface area contributed by atoms with Crippen molar-refractivity contribution in [2.45, 2.75) is 166 Å². The zero-order chi connectivity index (χ0) is 41.5. The highest BCUT2D eigenvalue weighted by molar-refractivity contribution is 6.39. The number of allylic oxidation sites excluding steroid dienone is 3. The summed E-state index contributed by atoms with van der Waals surface area (Å²) >= 11 is 6.52. The normalized spacial score (nSPS) is 41.6. The van der Waals surface area contributed by atoms with Gasteiger partial charge in [-0.1, -0.05) is 45.4 Å². The molecular weight excluding hydrogens is 742 g/mol. The molecule has 13 heteroatoms. The highest BCUT2D eigenvalue weighted by atomic mass is 35.5. The molecule has 3 heterocycles. The Hall–Kier alpha value is -2.19. The van der Waals surface area contributed by atoms with Gasteiger partial charge >= 0.3 is 5.97 Å². The molecule has 12 nitrogen and oxygen atoms in total. The van der Waals surface area contributed by atoms with Gasteiger partial charge in [-0.05, 0) is 95.5 Å². The summed E-state index contributed by atoms with van der Waals surface area (Å²) in [5.74, 6) is -7.31. The van der Waals surface area contributed by atoms with E-state index in [0.717, 1.165) is 18.4 Å². The van der Waals surface area contributed by atoms with E-state index in [0.29, 0.717) is 44.1 Å². The van der Waals surface area contributed by atoms with Gasteiger partial charge in [0.2, 0.25) is 5.79 Å². The summed E-state index contributed by atoms with van der Waals surface area (Å²) in [6.07, 6.45) is 5.16. The molecule has 1 saturated carbocycles. The van der Waals surface area contributed by atoms with Gasteiger partial charge in [-0.2, -0.15) is 0 Å². The second-order valence-electron chi connectivity index (χ2n) is 17.1. The number of aliphatic hydroxyl groups is 2. The van der Waals surface area contributed by atoms with Gasteiger partial charge in [0.25, 0.3) is 11.7 Å². The molecule has 3 fully saturated rings. The topological polar surface area (TPSA) is 158 Å². The molecule has 0 aromatic rings. The molecule has 4 rings (SSSR count). The van der Waals surface area contributed by atoms with Gasteiger partial charge in [-0.25, -0.2) is 4.79 Å². The predicted octanol–water partition coefficient (Wildman–Crippen LogP) is 5.72. The Bertz CT molecular complexity index is 1440. The number of carbonyl (C=O) groups excluding carboxylic acids is 4. The maximum atomic E-state index is 14.3. The lowest BCUT2D eigenvalue weighted by Gasteiger charge is -2.47. The third-order valence-corrected chi connectivity index (χ3v) is 13.3. The van der Waals surface area contributed by atoms with Crippen LogP contribution in [0.1, 0.15) is 112 Å². The van der Waals surface area contributed by atoms with Crippen molar-refractivity contribution in [2.75, 3.05) is 27.9 Å². The van der Waals surface area contributed by atoms with E-state index in [1.807, 2.05) is 32.9 Å². The molecule has 0 aromatic heterocycles. The summed E-state index contributed by atoms with van der Waals surface area (Å²) < 4.78 is 29.9. The Labute approximate surface area is 339 Å². The van der Waals surface area contributed by atoms with Gasteiger partial charge in [0, 0.05) is 52.0 Å². The van der Waals surface area contributed by atoms with E-state index < -0.39 is 77.8 Å². The van der Waals surface area contributed by atoms with Crippen molar-refractivity contribution < 1.29 is 53.1 Å². The number of ketones is 2. The average Bonchev–Trinajstić information content (AvgIpc) is 3.18. The van der Waals surface area contributed by atoms with Crippen LogP contribution in [-0.2, 0) is 42.9 Å². The number of amides is 1. The largest absolute Gasteiger partial charge is 0.456 e. The number of cyclic esters (lactones) is 1. The molecule has 0 spiro atoms. The number of fused-ring (bicyclic) bond motifs is 3. The fraction of sp³-hybridized carbons (Fsp3) is 0.814. The zero-order valence-corrected chi connectivity index (χ0v) is 35.8. The number of rotatable bonds is 6. The van der Waals surface area contributed by atoms with E-state index in [2.05, 4.69) is 6.92 Å². The number of methoxy groups -OCH3 is 3. The fourth-order valence-electron chi connectivity index (χ4n) is 9.36. The number of aliphatic hydroxyl groups excluding tert-OH is 1. The Morgan fingerprint density at radius 3 is 2.27 bits per heavy atom. The van der Waals surface area contributed by atoms with Crippen molar-refractivity contribution in [2.24, 2.45) is 29.6 Å². The summed E-state index contributed by atoms with van der Waals surface area (Å²) in [6, 6.07) is -1.12. The zero-order valence-electron chi connectivity index (χ0n) is 35.0. The van der Waals surface area contributed by atoms with Crippen LogP contribution in [0.2, 0.25) is 0 Å². The number of halogens is 1. The van der Waals surface area contributed by atoms with Crippen LogP contribution in [0, 0.1) is 29.6 Å². The second-order valence-corrected chi connectivity index (χ2v) is 17.7. The molecule has 56 heavy (non-hydrogen) atoms. The van der Waals surface area contributed by atoms with Crippen LogP contribution < -0.4 is 0 Å². The van der Waals surface area contributed by atoms with Crippen LogP contribution in [0.25, 0.3) is 0 Å². The lowest BCUT2D eigenvalue weighted by atomic mass is 9.82. The van der Waals surface area contributed by atoms with E-state index in [4.69, 9.17) is 35.3 Å². The maximum Gasteiger partial charge on any atom is 0.329 e. The molecule has 3 aliphatic heterocycles. The first-order valence-electron chi connectivity index (χ1n) is 20.7. The molecule has 2 saturated heterocycles. The van der Waals surface area contributed by atoms with Crippen LogP contribution in [0.3, 0.4) is 0 Å².